The van der Waals surface area contributed by atoms with Crippen LogP contribution in [0.3, 0.4) is 0 Å². The fraction of sp³-hybridized carbons (Fsp3) is 0.353. The molecule has 0 spiro atoms. The molecule has 1 saturated carbocycles. The molecule has 3 rings (SSSR count). The van der Waals surface area contributed by atoms with E-state index in [-0.39, 0.29) is 5.56 Å². The number of hydrogen-bond donors (Lipinski definition) is 1. The lowest BCUT2D eigenvalue weighted by Crippen LogP contribution is -2.34. The van der Waals surface area contributed by atoms with Gasteiger partial charge in [-0.25, -0.2) is 0 Å². The van der Waals surface area contributed by atoms with E-state index in [9.17, 15) is 4.79 Å². The molecule has 2 aromatic rings. The first-order chi connectivity index (χ1) is 10.2. The van der Waals surface area contributed by atoms with Crippen LogP contribution >= 0.6 is 15.9 Å². The van der Waals surface area contributed by atoms with Gasteiger partial charge in [-0.2, -0.15) is 0 Å². The topological polar surface area (TPSA) is 34.0 Å². The number of aromatic nitrogens is 1. The standard InChI is InChI=1S/C17H19BrN2O/c1-2-20-11-15(6-7-17(20)21)19-16-9-13(10-16)12-4-3-5-14(18)8-12/h3-8,11,13,16,19H,2,9-10H2,1H3. The maximum Gasteiger partial charge on any atom is 0.250 e. The second-order valence-electron chi connectivity index (χ2n) is 5.61. The van der Waals surface area contributed by atoms with Gasteiger partial charge < -0.3 is 9.88 Å². The lowest BCUT2D eigenvalue weighted by atomic mass is 9.76. The van der Waals surface area contributed by atoms with Crippen LogP contribution < -0.4 is 10.9 Å². The minimum atomic E-state index is 0.0590. The van der Waals surface area contributed by atoms with Gasteiger partial charge in [0, 0.05) is 29.3 Å². The first-order valence-electron chi connectivity index (χ1n) is 7.38. The SMILES string of the molecule is CCn1cc(NC2CC(c3cccc(Br)c3)C2)ccc1=O. The maximum absolute atomic E-state index is 11.6. The van der Waals surface area contributed by atoms with E-state index in [2.05, 4.69) is 45.5 Å². The zero-order chi connectivity index (χ0) is 14.8. The van der Waals surface area contributed by atoms with Gasteiger partial charge in [0.15, 0.2) is 0 Å². The van der Waals surface area contributed by atoms with E-state index in [4.69, 9.17) is 0 Å². The van der Waals surface area contributed by atoms with Crippen LogP contribution in [0.1, 0.15) is 31.2 Å². The third-order valence-corrected chi connectivity index (χ3v) is 4.65. The van der Waals surface area contributed by atoms with Gasteiger partial charge in [-0.1, -0.05) is 28.1 Å². The number of pyridine rings is 1. The molecule has 1 aliphatic rings. The molecule has 1 aromatic heterocycles. The summed E-state index contributed by atoms with van der Waals surface area (Å²) in [4.78, 5) is 11.6. The van der Waals surface area contributed by atoms with Gasteiger partial charge in [-0.15, -0.1) is 0 Å². The van der Waals surface area contributed by atoms with Crippen LogP contribution in [0, 0.1) is 0 Å². The maximum atomic E-state index is 11.6. The van der Waals surface area contributed by atoms with Gasteiger partial charge in [-0.05, 0) is 49.4 Å². The molecule has 1 aliphatic carbocycles. The number of hydrogen-bond acceptors (Lipinski definition) is 2. The van der Waals surface area contributed by atoms with Crippen molar-refractivity contribution >= 4 is 21.6 Å². The van der Waals surface area contributed by atoms with Crippen molar-refractivity contribution in [1.29, 1.82) is 0 Å². The Kier molecular flexibility index (Phi) is 4.15. The van der Waals surface area contributed by atoms with Crippen molar-refractivity contribution in [1.82, 2.24) is 4.57 Å². The largest absolute Gasteiger partial charge is 0.381 e. The normalized spacial score (nSPS) is 20.9. The monoisotopic (exact) mass is 346 g/mol. The van der Waals surface area contributed by atoms with Gasteiger partial charge in [0.2, 0.25) is 0 Å². The highest BCUT2D eigenvalue weighted by Crippen LogP contribution is 2.39. The van der Waals surface area contributed by atoms with Crippen LogP contribution in [-0.4, -0.2) is 10.6 Å². The average molecular weight is 347 g/mol. The zero-order valence-electron chi connectivity index (χ0n) is 12.1. The Labute approximate surface area is 133 Å². The van der Waals surface area contributed by atoms with E-state index in [1.807, 2.05) is 19.2 Å². The molecule has 1 fully saturated rings. The average Bonchev–Trinajstić information content (AvgIpc) is 2.44. The Bertz CT molecular complexity index is 689. The summed E-state index contributed by atoms with van der Waals surface area (Å²) in [7, 11) is 0. The molecule has 0 bridgehead atoms. The molecule has 0 amide bonds. The minimum Gasteiger partial charge on any atom is -0.381 e. The van der Waals surface area contributed by atoms with Crippen LogP contribution in [0.2, 0.25) is 0 Å². The quantitative estimate of drug-likeness (QED) is 0.908. The summed E-state index contributed by atoms with van der Waals surface area (Å²) in [5.74, 6) is 0.636. The Balaban J connectivity index is 1.61. The first-order valence-corrected chi connectivity index (χ1v) is 8.17. The summed E-state index contributed by atoms with van der Waals surface area (Å²) in [6, 6.07) is 12.6. The molecule has 0 unspecified atom stereocenters. The summed E-state index contributed by atoms with van der Waals surface area (Å²) >= 11 is 3.53. The van der Waals surface area contributed by atoms with Crippen molar-refractivity contribution in [2.75, 3.05) is 5.32 Å². The van der Waals surface area contributed by atoms with Crippen molar-refractivity contribution in [3.8, 4) is 0 Å². The third kappa shape index (κ3) is 3.21. The Morgan fingerprint density at radius 2 is 2.10 bits per heavy atom. The molecule has 4 heteroatoms. The van der Waals surface area contributed by atoms with E-state index in [1.54, 1.807) is 10.6 Å². The highest BCUT2D eigenvalue weighted by molar-refractivity contribution is 9.10. The van der Waals surface area contributed by atoms with Crippen molar-refractivity contribution in [2.24, 2.45) is 0 Å². The van der Waals surface area contributed by atoms with E-state index in [1.165, 1.54) is 5.56 Å². The zero-order valence-corrected chi connectivity index (χ0v) is 13.6. The Hall–Kier alpha value is -1.55. The van der Waals surface area contributed by atoms with E-state index >= 15 is 0 Å². The fourth-order valence-corrected chi connectivity index (χ4v) is 3.28. The van der Waals surface area contributed by atoms with Crippen LogP contribution in [0.5, 0.6) is 0 Å². The van der Waals surface area contributed by atoms with E-state index in [0.29, 0.717) is 18.5 Å². The van der Waals surface area contributed by atoms with Gasteiger partial charge in [0.1, 0.15) is 0 Å². The second kappa shape index (κ2) is 6.06. The number of nitrogens with zero attached hydrogens (tertiary/aromatic N) is 1. The highest BCUT2D eigenvalue weighted by Gasteiger charge is 2.30. The number of rotatable bonds is 4. The highest BCUT2D eigenvalue weighted by atomic mass is 79.9. The Morgan fingerprint density at radius 1 is 1.29 bits per heavy atom. The number of aryl methyl sites for hydroxylation is 1. The molecular weight excluding hydrogens is 328 g/mol. The van der Waals surface area contributed by atoms with Crippen LogP contribution in [0.4, 0.5) is 5.69 Å². The molecule has 1 heterocycles. The molecule has 21 heavy (non-hydrogen) atoms. The molecule has 1 N–H and O–H groups in total. The number of halogens is 1. The first kappa shape index (κ1) is 14.4. The van der Waals surface area contributed by atoms with Gasteiger partial charge >= 0.3 is 0 Å². The smallest absolute Gasteiger partial charge is 0.250 e. The molecule has 110 valence electrons. The van der Waals surface area contributed by atoms with E-state index < -0.39 is 0 Å². The molecule has 0 radical (unpaired) electrons. The number of benzene rings is 1. The van der Waals surface area contributed by atoms with Crippen LogP contribution in [0.25, 0.3) is 0 Å². The van der Waals surface area contributed by atoms with E-state index in [0.717, 1.165) is 23.0 Å². The summed E-state index contributed by atoms with van der Waals surface area (Å²) in [6.45, 7) is 2.69. The van der Waals surface area contributed by atoms with Crippen molar-refractivity contribution in [2.45, 2.75) is 38.3 Å². The summed E-state index contributed by atoms with van der Waals surface area (Å²) in [5, 5.41) is 3.52. The van der Waals surface area contributed by atoms with Gasteiger partial charge in [0.25, 0.3) is 5.56 Å². The summed E-state index contributed by atoms with van der Waals surface area (Å²) < 4.78 is 2.87. The Morgan fingerprint density at radius 3 is 2.81 bits per heavy atom. The molecule has 3 nitrogen and oxygen atoms in total. The predicted molar refractivity (Wildman–Crippen MR) is 89.9 cm³/mol. The summed E-state index contributed by atoms with van der Waals surface area (Å²) in [5.41, 5.74) is 2.50. The third-order valence-electron chi connectivity index (χ3n) is 4.15. The molecule has 0 saturated heterocycles. The lowest BCUT2D eigenvalue weighted by Gasteiger charge is -2.37. The van der Waals surface area contributed by atoms with Crippen molar-refractivity contribution < 1.29 is 0 Å². The van der Waals surface area contributed by atoms with Gasteiger partial charge in [0.05, 0.1) is 5.69 Å². The molecule has 0 aliphatic heterocycles. The van der Waals surface area contributed by atoms with Gasteiger partial charge in [-0.3, -0.25) is 4.79 Å². The molecule has 1 aromatic carbocycles. The predicted octanol–water partition coefficient (Wildman–Crippen LogP) is 3.99. The summed E-state index contributed by atoms with van der Waals surface area (Å²) in [6.07, 6.45) is 4.19. The fourth-order valence-electron chi connectivity index (χ4n) is 2.87. The van der Waals surface area contributed by atoms with Crippen LogP contribution in [0.15, 0.2) is 51.9 Å². The molecular formula is C17H19BrN2O. The molecule has 0 atom stereocenters. The number of nitrogens with one attached hydrogen (secondary N) is 1. The lowest BCUT2D eigenvalue weighted by molar-refractivity contribution is 0.374. The van der Waals surface area contributed by atoms with Crippen molar-refractivity contribution in [3.05, 3.63) is 63.0 Å². The second-order valence-corrected chi connectivity index (χ2v) is 6.52. The number of anilines is 1. The van der Waals surface area contributed by atoms with Crippen LogP contribution in [-0.2, 0) is 6.54 Å². The van der Waals surface area contributed by atoms with Crippen molar-refractivity contribution in [3.63, 3.8) is 0 Å². The minimum absolute atomic E-state index is 0.0590.